The molecule has 0 saturated heterocycles. The first kappa shape index (κ1) is 16.0. The molecule has 0 fully saturated rings. The number of hydrogen-bond donors (Lipinski definition) is 1. The van der Waals surface area contributed by atoms with Gasteiger partial charge in [-0.05, 0) is 42.8 Å². The molecule has 112 valence electrons. The molecule has 0 aliphatic carbocycles. The van der Waals surface area contributed by atoms with Crippen LogP contribution >= 0.6 is 11.6 Å². The summed E-state index contributed by atoms with van der Waals surface area (Å²) in [4.78, 5) is 24.6. The predicted octanol–water partition coefficient (Wildman–Crippen LogP) is 4.03. The van der Waals surface area contributed by atoms with Gasteiger partial charge in [-0.3, -0.25) is 9.59 Å². The highest BCUT2D eigenvalue weighted by atomic mass is 35.5. The Bertz CT molecular complexity index is 752. The molecule has 0 heterocycles. The molecular formula is C18H16ClNO2. The van der Waals surface area contributed by atoms with Crippen LogP contribution in [0.1, 0.15) is 22.8 Å². The molecule has 0 aliphatic rings. The lowest BCUT2D eigenvalue weighted by Gasteiger charge is -1.99. The first-order valence-corrected chi connectivity index (χ1v) is 7.35. The Morgan fingerprint density at radius 2 is 1.82 bits per heavy atom. The van der Waals surface area contributed by atoms with Gasteiger partial charge >= 0.3 is 0 Å². The first-order valence-electron chi connectivity index (χ1n) is 6.97. The zero-order valence-electron chi connectivity index (χ0n) is 12.2. The van der Waals surface area contributed by atoms with Crippen molar-refractivity contribution in [3.8, 4) is 0 Å². The van der Waals surface area contributed by atoms with E-state index in [-0.39, 0.29) is 16.8 Å². The highest BCUT2D eigenvalue weighted by Gasteiger charge is 2.08. The molecule has 0 spiro atoms. The van der Waals surface area contributed by atoms with Crippen molar-refractivity contribution in [2.75, 3.05) is 11.9 Å². The standard InChI is InChI=1S/C18H16ClNO2/c1-2-20-16-6-4-3-5-15(18(16)22)17(21)12-9-13-7-10-14(19)11-8-13/h3-12H,2H2,1H3,(H,20,22). The second kappa shape index (κ2) is 7.57. The number of halogens is 1. The van der Waals surface area contributed by atoms with Crippen molar-refractivity contribution in [1.82, 2.24) is 0 Å². The lowest BCUT2D eigenvalue weighted by molar-refractivity contribution is 0.104. The molecule has 1 N–H and O–H groups in total. The first-order chi connectivity index (χ1) is 10.6. The van der Waals surface area contributed by atoms with E-state index in [0.29, 0.717) is 17.3 Å². The predicted molar refractivity (Wildman–Crippen MR) is 91.7 cm³/mol. The minimum absolute atomic E-state index is 0.145. The lowest BCUT2D eigenvalue weighted by Crippen LogP contribution is -2.15. The summed E-state index contributed by atoms with van der Waals surface area (Å²) >= 11 is 5.81. The van der Waals surface area contributed by atoms with Crippen LogP contribution in [0.25, 0.3) is 6.08 Å². The van der Waals surface area contributed by atoms with E-state index in [1.165, 1.54) is 12.1 Å². The highest BCUT2D eigenvalue weighted by molar-refractivity contribution is 6.30. The second-order valence-corrected chi connectivity index (χ2v) is 5.09. The molecular weight excluding hydrogens is 298 g/mol. The van der Waals surface area contributed by atoms with Gasteiger partial charge in [0.1, 0.15) is 0 Å². The summed E-state index contributed by atoms with van der Waals surface area (Å²) in [5.41, 5.74) is 1.12. The van der Waals surface area contributed by atoms with Gasteiger partial charge in [0.15, 0.2) is 5.78 Å². The molecule has 0 unspecified atom stereocenters. The second-order valence-electron chi connectivity index (χ2n) is 4.65. The number of carbonyl (C=O) groups excluding carboxylic acids is 1. The van der Waals surface area contributed by atoms with Gasteiger partial charge in [-0.25, -0.2) is 0 Å². The van der Waals surface area contributed by atoms with Crippen LogP contribution in [0.2, 0.25) is 5.02 Å². The van der Waals surface area contributed by atoms with E-state index in [0.717, 1.165) is 5.56 Å². The third-order valence-electron chi connectivity index (χ3n) is 3.06. The molecule has 0 saturated carbocycles. The molecule has 0 amide bonds. The smallest absolute Gasteiger partial charge is 0.212 e. The SMILES string of the molecule is CCNc1ccccc(C(=O)C=Cc2ccc(Cl)cc2)c1=O. The zero-order chi connectivity index (χ0) is 15.9. The maximum Gasteiger partial charge on any atom is 0.212 e. The maximum atomic E-state index is 12.3. The van der Waals surface area contributed by atoms with Crippen LogP contribution in [0.5, 0.6) is 0 Å². The third kappa shape index (κ3) is 4.06. The Morgan fingerprint density at radius 3 is 2.50 bits per heavy atom. The summed E-state index contributed by atoms with van der Waals surface area (Å²) in [5.74, 6) is -0.324. The van der Waals surface area contributed by atoms with Gasteiger partial charge in [0.2, 0.25) is 5.43 Å². The quantitative estimate of drug-likeness (QED) is 0.669. The minimum Gasteiger partial charge on any atom is -0.382 e. The van der Waals surface area contributed by atoms with E-state index in [1.54, 1.807) is 48.5 Å². The van der Waals surface area contributed by atoms with Crippen molar-refractivity contribution in [3.63, 3.8) is 0 Å². The van der Waals surface area contributed by atoms with Crippen molar-refractivity contribution in [1.29, 1.82) is 0 Å². The minimum atomic E-state index is -0.324. The Kier molecular flexibility index (Phi) is 5.50. The van der Waals surface area contributed by atoms with Gasteiger partial charge in [-0.2, -0.15) is 0 Å². The van der Waals surface area contributed by atoms with E-state index in [1.807, 2.05) is 6.92 Å². The van der Waals surface area contributed by atoms with Gasteiger partial charge in [0.25, 0.3) is 0 Å². The van der Waals surface area contributed by atoms with Crippen LogP contribution < -0.4 is 10.7 Å². The number of rotatable bonds is 5. The van der Waals surface area contributed by atoms with E-state index >= 15 is 0 Å². The molecule has 0 atom stereocenters. The fraction of sp³-hybridized carbons (Fsp3) is 0.111. The summed E-state index contributed by atoms with van der Waals surface area (Å²) in [5, 5.41) is 3.60. The number of benzene rings is 1. The van der Waals surface area contributed by atoms with Gasteiger partial charge in [0, 0.05) is 11.6 Å². The molecule has 2 rings (SSSR count). The van der Waals surface area contributed by atoms with Crippen LogP contribution in [0, 0.1) is 0 Å². The molecule has 0 aromatic heterocycles. The average Bonchev–Trinajstić information content (AvgIpc) is 2.69. The number of ketones is 1. The number of anilines is 1. The molecule has 3 nitrogen and oxygen atoms in total. The van der Waals surface area contributed by atoms with Gasteiger partial charge < -0.3 is 5.32 Å². The van der Waals surface area contributed by atoms with E-state index in [4.69, 9.17) is 11.6 Å². The Morgan fingerprint density at radius 1 is 1.14 bits per heavy atom. The Balaban J connectivity index is 2.30. The van der Waals surface area contributed by atoms with Crippen molar-refractivity contribution in [2.45, 2.75) is 6.92 Å². The molecule has 0 radical (unpaired) electrons. The van der Waals surface area contributed by atoms with Crippen molar-refractivity contribution in [3.05, 3.63) is 81.0 Å². The number of nitrogens with one attached hydrogen (secondary N) is 1. The summed E-state index contributed by atoms with van der Waals surface area (Å²) in [6.07, 6.45) is 3.06. The summed E-state index contributed by atoms with van der Waals surface area (Å²) in [6.45, 7) is 2.52. The van der Waals surface area contributed by atoms with Crippen molar-refractivity contribution >= 4 is 29.1 Å². The Labute approximate surface area is 134 Å². The molecule has 4 heteroatoms. The maximum absolute atomic E-state index is 12.3. The summed E-state index contributed by atoms with van der Waals surface area (Å²) in [7, 11) is 0. The largest absolute Gasteiger partial charge is 0.382 e. The van der Waals surface area contributed by atoms with Crippen LogP contribution in [0.3, 0.4) is 0 Å². The van der Waals surface area contributed by atoms with Crippen molar-refractivity contribution in [2.24, 2.45) is 0 Å². The van der Waals surface area contributed by atoms with Crippen LogP contribution in [0.4, 0.5) is 5.69 Å². The number of carbonyl (C=O) groups is 1. The third-order valence-corrected chi connectivity index (χ3v) is 3.31. The summed E-state index contributed by atoms with van der Waals surface area (Å²) in [6, 6.07) is 13.7. The topological polar surface area (TPSA) is 46.2 Å². The van der Waals surface area contributed by atoms with Crippen molar-refractivity contribution < 1.29 is 4.79 Å². The van der Waals surface area contributed by atoms with E-state index < -0.39 is 0 Å². The zero-order valence-corrected chi connectivity index (χ0v) is 12.9. The van der Waals surface area contributed by atoms with Crippen LogP contribution in [-0.2, 0) is 0 Å². The Hall–Kier alpha value is -2.39. The molecule has 2 aromatic carbocycles. The average molecular weight is 314 g/mol. The van der Waals surface area contributed by atoms with Crippen LogP contribution in [0.15, 0.2) is 59.4 Å². The lowest BCUT2D eigenvalue weighted by atomic mass is 10.1. The molecule has 0 aliphatic heterocycles. The monoisotopic (exact) mass is 313 g/mol. The highest BCUT2D eigenvalue weighted by Crippen LogP contribution is 2.11. The van der Waals surface area contributed by atoms with Gasteiger partial charge in [-0.15, -0.1) is 0 Å². The van der Waals surface area contributed by atoms with Gasteiger partial charge in [-0.1, -0.05) is 41.9 Å². The van der Waals surface area contributed by atoms with E-state index in [2.05, 4.69) is 5.32 Å². The number of hydrogen-bond acceptors (Lipinski definition) is 3. The fourth-order valence-corrected chi connectivity index (χ4v) is 2.09. The summed E-state index contributed by atoms with van der Waals surface area (Å²) < 4.78 is 0. The van der Waals surface area contributed by atoms with Crippen LogP contribution in [-0.4, -0.2) is 12.3 Å². The van der Waals surface area contributed by atoms with E-state index in [9.17, 15) is 9.59 Å². The van der Waals surface area contributed by atoms with Gasteiger partial charge in [0.05, 0.1) is 11.3 Å². The number of allylic oxidation sites excluding steroid dienone is 1. The normalized spacial score (nSPS) is 10.6. The molecule has 22 heavy (non-hydrogen) atoms. The fourth-order valence-electron chi connectivity index (χ4n) is 1.96. The molecule has 2 aromatic rings. The molecule has 0 bridgehead atoms.